The molecule has 1 N–H and O–H groups in total. The Labute approximate surface area is 224 Å². The summed E-state index contributed by atoms with van der Waals surface area (Å²) in [7, 11) is 0. The van der Waals surface area contributed by atoms with Gasteiger partial charge in [0, 0.05) is 25.4 Å². The molecule has 1 spiro atoms. The molecule has 2 saturated heterocycles. The molecule has 1 aromatic carbocycles. The highest BCUT2D eigenvalue weighted by molar-refractivity contribution is 6.06. The number of aliphatic hydroxyl groups excluding tert-OH is 1. The van der Waals surface area contributed by atoms with Crippen LogP contribution >= 0.6 is 0 Å². The van der Waals surface area contributed by atoms with Gasteiger partial charge in [0.1, 0.15) is 17.6 Å². The highest BCUT2D eigenvalue weighted by Gasteiger charge is 2.74. The lowest BCUT2D eigenvalue weighted by molar-refractivity contribution is -0.159. The van der Waals surface area contributed by atoms with Crippen molar-refractivity contribution in [3.05, 3.63) is 53.6 Å². The maximum Gasteiger partial charge on any atom is 0.313 e. The number of nitrogens with zero attached hydrogens (tertiary/aromatic N) is 2. The fraction of sp³-hybridized carbons (Fsp3) is 0.567. The van der Waals surface area contributed by atoms with E-state index in [4.69, 9.17) is 14.6 Å². The summed E-state index contributed by atoms with van der Waals surface area (Å²) >= 11 is 0. The number of aliphatic hydroxyl groups is 1. The molecule has 204 valence electrons. The van der Waals surface area contributed by atoms with Crippen molar-refractivity contribution in [1.82, 2.24) is 4.90 Å². The number of likely N-dealkylation sites (tertiary alicyclic amines) is 1. The van der Waals surface area contributed by atoms with E-state index in [9.17, 15) is 14.4 Å². The van der Waals surface area contributed by atoms with Gasteiger partial charge in [-0.05, 0) is 57.2 Å². The van der Waals surface area contributed by atoms with Gasteiger partial charge in [-0.2, -0.15) is 0 Å². The topological polar surface area (TPSA) is 96.4 Å². The number of hydrogen-bond acceptors (Lipinski definition) is 6. The number of carbonyl (C=O) groups excluding carboxylic acids is 3. The van der Waals surface area contributed by atoms with Crippen LogP contribution in [0, 0.1) is 25.7 Å². The monoisotopic (exact) mass is 522 g/mol. The molecule has 1 aromatic rings. The third-order valence-corrected chi connectivity index (χ3v) is 8.48. The van der Waals surface area contributed by atoms with E-state index in [0.717, 1.165) is 29.7 Å². The molecule has 2 amide bonds. The first-order chi connectivity index (χ1) is 18.2. The molecule has 4 aliphatic heterocycles. The van der Waals surface area contributed by atoms with Crippen molar-refractivity contribution >= 4 is 23.5 Å². The van der Waals surface area contributed by atoms with E-state index in [2.05, 4.69) is 0 Å². The Hall–Kier alpha value is -2.97. The summed E-state index contributed by atoms with van der Waals surface area (Å²) in [6, 6.07) is 5.11. The minimum Gasteiger partial charge on any atom is -0.465 e. The lowest BCUT2D eigenvalue weighted by Gasteiger charge is -2.38. The zero-order valence-corrected chi connectivity index (χ0v) is 22.5. The van der Waals surface area contributed by atoms with Crippen molar-refractivity contribution in [1.29, 1.82) is 0 Å². The average Bonchev–Trinajstić information content (AvgIpc) is 3.19. The number of hydrogen-bond donors (Lipinski definition) is 1. The van der Waals surface area contributed by atoms with Crippen LogP contribution in [0.15, 0.2) is 42.5 Å². The van der Waals surface area contributed by atoms with Crippen LogP contribution in [0.2, 0.25) is 0 Å². The van der Waals surface area contributed by atoms with E-state index in [1.54, 1.807) is 9.80 Å². The second-order valence-electron chi connectivity index (χ2n) is 11.2. The van der Waals surface area contributed by atoms with Crippen molar-refractivity contribution in [2.75, 3.05) is 31.2 Å². The Morgan fingerprint density at radius 3 is 2.58 bits per heavy atom. The quantitative estimate of drug-likeness (QED) is 0.336. The second-order valence-corrected chi connectivity index (χ2v) is 11.2. The smallest absolute Gasteiger partial charge is 0.313 e. The first-order valence-corrected chi connectivity index (χ1v) is 13.8. The average molecular weight is 523 g/mol. The van der Waals surface area contributed by atoms with E-state index >= 15 is 0 Å². The standard InChI is InChI=1S/C30H38N2O6/c1-20-11-12-21(2)22(19-20)31-16-10-14-30-23(24-28(36)37-18-9-6-13-29(24,3)38-30)26(34)32(25(30)27(31)35)15-7-4-5-8-17-33/h6,10-14,19,23-25,33H,4-5,7-9,15-18H2,1-3H3/t23-,24+,25?,29-,30-/m0/s1. The molecule has 0 bridgehead atoms. The summed E-state index contributed by atoms with van der Waals surface area (Å²) in [4.78, 5) is 45.4. The Kier molecular flexibility index (Phi) is 7.22. The van der Waals surface area contributed by atoms with E-state index in [0.29, 0.717) is 32.4 Å². The lowest BCUT2D eigenvalue weighted by atomic mass is 9.74. The summed E-state index contributed by atoms with van der Waals surface area (Å²) in [5.74, 6) is -2.60. The molecule has 2 fully saturated rings. The van der Waals surface area contributed by atoms with Crippen LogP contribution in [-0.4, -0.2) is 71.3 Å². The maximum absolute atomic E-state index is 14.5. The van der Waals surface area contributed by atoms with Crippen molar-refractivity contribution in [2.45, 2.75) is 70.1 Å². The summed E-state index contributed by atoms with van der Waals surface area (Å²) in [5.41, 5.74) is 0.474. The van der Waals surface area contributed by atoms with Crippen LogP contribution in [0.4, 0.5) is 5.69 Å². The van der Waals surface area contributed by atoms with Gasteiger partial charge in [-0.25, -0.2) is 0 Å². The van der Waals surface area contributed by atoms with Gasteiger partial charge in [0.2, 0.25) is 5.91 Å². The van der Waals surface area contributed by atoms with E-state index in [-0.39, 0.29) is 25.0 Å². The Balaban J connectivity index is 1.58. The van der Waals surface area contributed by atoms with Gasteiger partial charge >= 0.3 is 5.97 Å². The predicted octanol–water partition coefficient (Wildman–Crippen LogP) is 3.23. The molecule has 5 atom stereocenters. The van der Waals surface area contributed by atoms with E-state index in [1.165, 1.54) is 0 Å². The molecule has 0 aliphatic carbocycles. The SMILES string of the molecule is Cc1ccc(C)c(N2CC=C[C@]34O[C@@]5(C)C=CCCOC(=O)[C@H]5[C@H]3C(=O)N(CCCCCCO)C4C2=O)c1. The molecule has 38 heavy (non-hydrogen) atoms. The first-order valence-electron chi connectivity index (χ1n) is 13.8. The highest BCUT2D eigenvalue weighted by Crippen LogP contribution is 2.57. The number of amides is 2. The van der Waals surface area contributed by atoms with Gasteiger partial charge < -0.3 is 24.4 Å². The van der Waals surface area contributed by atoms with Crippen LogP contribution in [0.5, 0.6) is 0 Å². The number of carbonyl (C=O) groups is 3. The van der Waals surface area contributed by atoms with Gasteiger partial charge in [-0.3, -0.25) is 14.4 Å². The molecule has 4 heterocycles. The largest absolute Gasteiger partial charge is 0.465 e. The van der Waals surface area contributed by atoms with Crippen molar-refractivity contribution in [2.24, 2.45) is 11.8 Å². The molecule has 5 rings (SSSR count). The molecule has 8 nitrogen and oxygen atoms in total. The van der Waals surface area contributed by atoms with Gasteiger partial charge in [0.05, 0.1) is 18.1 Å². The minimum absolute atomic E-state index is 0.133. The van der Waals surface area contributed by atoms with Gasteiger partial charge in [-0.15, -0.1) is 0 Å². The van der Waals surface area contributed by atoms with Crippen LogP contribution in [0.1, 0.15) is 50.2 Å². The number of rotatable bonds is 7. The number of ether oxygens (including phenoxy) is 2. The number of aryl methyl sites for hydroxylation is 2. The first kappa shape index (κ1) is 26.6. The molecule has 8 heteroatoms. The van der Waals surface area contributed by atoms with Crippen molar-refractivity contribution in [3.63, 3.8) is 0 Å². The number of cyclic esters (lactones) is 1. The fourth-order valence-electron chi connectivity index (χ4n) is 6.70. The second kappa shape index (κ2) is 10.3. The Morgan fingerprint density at radius 1 is 1.00 bits per heavy atom. The molecule has 1 unspecified atom stereocenters. The molecular formula is C30H38N2O6. The lowest BCUT2D eigenvalue weighted by Crippen LogP contribution is -2.56. The maximum atomic E-state index is 14.5. The number of anilines is 1. The van der Waals surface area contributed by atoms with Crippen molar-refractivity contribution in [3.8, 4) is 0 Å². The fourth-order valence-corrected chi connectivity index (χ4v) is 6.70. The molecular weight excluding hydrogens is 484 g/mol. The third kappa shape index (κ3) is 4.28. The number of esters is 1. The third-order valence-electron chi connectivity index (χ3n) is 8.48. The molecule has 0 aromatic heterocycles. The van der Waals surface area contributed by atoms with Crippen LogP contribution in [-0.2, 0) is 23.9 Å². The Bertz CT molecular complexity index is 1180. The normalized spacial score (nSPS) is 32.4. The molecule has 4 aliphatic rings. The zero-order chi connectivity index (χ0) is 27.1. The van der Waals surface area contributed by atoms with Gasteiger partial charge in [-0.1, -0.05) is 49.3 Å². The van der Waals surface area contributed by atoms with E-state index in [1.807, 2.05) is 63.3 Å². The minimum atomic E-state index is -1.28. The van der Waals surface area contributed by atoms with Crippen LogP contribution in [0.3, 0.4) is 0 Å². The number of unbranched alkanes of at least 4 members (excludes halogenated alkanes) is 3. The van der Waals surface area contributed by atoms with Crippen molar-refractivity contribution < 1.29 is 29.0 Å². The summed E-state index contributed by atoms with van der Waals surface area (Å²) in [6.07, 6.45) is 11.2. The zero-order valence-electron chi connectivity index (χ0n) is 22.5. The van der Waals surface area contributed by atoms with Crippen LogP contribution < -0.4 is 4.90 Å². The summed E-state index contributed by atoms with van der Waals surface area (Å²) in [5, 5.41) is 9.14. The summed E-state index contributed by atoms with van der Waals surface area (Å²) in [6.45, 7) is 6.90. The molecule has 0 radical (unpaired) electrons. The Morgan fingerprint density at radius 2 is 1.79 bits per heavy atom. The highest BCUT2D eigenvalue weighted by atomic mass is 16.6. The van der Waals surface area contributed by atoms with Gasteiger partial charge in [0.15, 0.2) is 0 Å². The number of benzene rings is 1. The predicted molar refractivity (Wildman–Crippen MR) is 142 cm³/mol. The number of fused-ring (bicyclic) bond motifs is 2. The van der Waals surface area contributed by atoms with Gasteiger partial charge in [0.25, 0.3) is 5.91 Å². The van der Waals surface area contributed by atoms with Crippen LogP contribution in [0.25, 0.3) is 0 Å². The summed E-state index contributed by atoms with van der Waals surface area (Å²) < 4.78 is 12.3. The molecule has 0 saturated carbocycles. The van der Waals surface area contributed by atoms with E-state index < -0.39 is 35.0 Å².